The average molecular weight is 249 g/mol. The van der Waals surface area contributed by atoms with E-state index in [1.54, 1.807) is 0 Å². The third-order valence-electron chi connectivity index (χ3n) is 2.74. The molecule has 1 aliphatic rings. The third kappa shape index (κ3) is 4.01. The van der Waals surface area contributed by atoms with Gasteiger partial charge < -0.3 is 5.73 Å². The van der Waals surface area contributed by atoms with E-state index in [4.69, 9.17) is 5.73 Å². The minimum Gasteiger partial charge on any atom is -0.329 e. The second kappa shape index (κ2) is 4.60. The molecule has 0 unspecified atom stereocenters. The molecule has 0 aromatic carbocycles. The average Bonchev–Trinajstić information content (AvgIpc) is 2.48. The zero-order valence-corrected chi connectivity index (χ0v) is 11.2. The molecule has 0 atom stereocenters. The maximum atomic E-state index is 11.9. The lowest BCUT2D eigenvalue weighted by Crippen LogP contribution is -2.57. The van der Waals surface area contributed by atoms with Crippen LogP contribution in [0.5, 0.6) is 0 Å². The van der Waals surface area contributed by atoms with Crippen molar-refractivity contribution >= 4 is 10.2 Å². The summed E-state index contributed by atoms with van der Waals surface area (Å²) in [4.78, 5) is 0. The van der Waals surface area contributed by atoms with Gasteiger partial charge in [0, 0.05) is 17.6 Å². The minimum atomic E-state index is -3.47. The zero-order chi connectivity index (χ0) is 12.4. The lowest BCUT2D eigenvalue weighted by atomic mass is 10.0. The van der Waals surface area contributed by atoms with E-state index in [2.05, 4.69) is 9.44 Å². The monoisotopic (exact) mass is 249 g/mol. The van der Waals surface area contributed by atoms with Gasteiger partial charge in [0.05, 0.1) is 0 Å². The van der Waals surface area contributed by atoms with Crippen molar-refractivity contribution in [3.05, 3.63) is 0 Å². The summed E-state index contributed by atoms with van der Waals surface area (Å²) in [6.45, 7) is 5.81. The van der Waals surface area contributed by atoms with Crippen LogP contribution in [-0.2, 0) is 10.2 Å². The van der Waals surface area contributed by atoms with E-state index in [1.165, 1.54) is 0 Å². The standard InChI is InChI=1S/C10H23N3O2S/c1-9(2,3)12-16(14,15)13-10(8-11)6-4-5-7-10/h12-13H,4-8,11H2,1-3H3. The predicted molar refractivity (Wildman–Crippen MR) is 65.2 cm³/mol. The van der Waals surface area contributed by atoms with E-state index in [-0.39, 0.29) is 0 Å². The van der Waals surface area contributed by atoms with Gasteiger partial charge in [0.15, 0.2) is 0 Å². The first-order chi connectivity index (χ1) is 7.18. The second-order valence-corrected chi connectivity index (χ2v) is 7.06. The van der Waals surface area contributed by atoms with Crippen molar-refractivity contribution in [1.29, 1.82) is 0 Å². The van der Waals surface area contributed by atoms with Crippen LogP contribution in [0.2, 0.25) is 0 Å². The van der Waals surface area contributed by atoms with E-state index in [9.17, 15) is 8.42 Å². The Hall–Kier alpha value is -0.170. The van der Waals surface area contributed by atoms with Gasteiger partial charge in [-0.15, -0.1) is 0 Å². The topological polar surface area (TPSA) is 84.2 Å². The van der Waals surface area contributed by atoms with Crippen LogP contribution < -0.4 is 15.2 Å². The molecule has 1 fully saturated rings. The third-order valence-corrected chi connectivity index (χ3v) is 4.33. The Labute approximate surface area is 98.4 Å². The molecule has 1 aliphatic carbocycles. The van der Waals surface area contributed by atoms with E-state index >= 15 is 0 Å². The first-order valence-electron chi connectivity index (χ1n) is 5.71. The molecule has 1 saturated carbocycles. The highest BCUT2D eigenvalue weighted by molar-refractivity contribution is 7.87. The lowest BCUT2D eigenvalue weighted by molar-refractivity contribution is 0.388. The van der Waals surface area contributed by atoms with Gasteiger partial charge in [-0.05, 0) is 33.6 Å². The van der Waals surface area contributed by atoms with Gasteiger partial charge in [-0.2, -0.15) is 17.9 Å². The molecule has 0 radical (unpaired) electrons. The highest BCUT2D eigenvalue weighted by Crippen LogP contribution is 2.29. The molecule has 5 nitrogen and oxygen atoms in total. The van der Waals surface area contributed by atoms with Crippen molar-refractivity contribution < 1.29 is 8.42 Å². The molecule has 4 N–H and O–H groups in total. The summed E-state index contributed by atoms with van der Waals surface area (Å²) in [5.41, 5.74) is 4.78. The number of nitrogens with two attached hydrogens (primary N) is 1. The molecule has 96 valence electrons. The molecule has 0 heterocycles. The minimum absolute atomic E-state index is 0.359. The van der Waals surface area contributed by atoms with Crippen LogP contribution in [0.1, 0.15) is 46.5 Å². The number of hydrogen-bond donors (Lipinski definition) is 3. The summed E-state index contributed by atoms with van der Waals surface area (Å²) >= 11 is 0. The van der Waals surface area contributed by atoms with Gasteiger partial charge in [-0.1, -0.05) is 12.8 Å². The van der Waals surface area contributed by atoms with Crippen molar-refractivity contribution in [2.45, 2.75) is 57.5 Å². The Morgan fingerprint density at radius 3 is 2.12 bits per heavy atom. The number of rotatable bonds is 4. The fraction of sp³-hybridized carbons (Fsp3) is 1.00. The normalized spacial score (nSPS) is 21.2. The summed E-state index contributed by atoms with van der Waals surface area (Å²) in [7, 11) is -3.47. The molecule has 0 amide bonds. The molecular weight excluding hydrogens is 226 g/mol. The summed E-state index contributed by atoms with van der Waals surface area (Å²) in [6.07, 6.45) is 3.73. The van der Waals surface area contributed by atoms with Crippen LogP contribution in [0.25, 0.3) is 0 Å². The summed E-state index contributed by atoms with van der Waals surface area (Å²) in [6, 6.07) is 0. The van der Waals surface area contributed by atoms with Gasteiger partial charge in [0.25, 0.3) is 10.2 Å². The van der Waals surface area contributed by atoms with Gasteiger partial charge in [0.1, 0.15) is 0 Å². The lowest BCUT2D eigenvalue weighted by Gasteiger charge is -2.30. The highest BCUT2D eigenvalue weighted by atomic mass is 32.2. The van der Waals surface area contributed by atoms with Crippen molar-refractivity contribution in [3.8, 4) is 0 Å². The molecule has 0 spiro atoms. The van der Waals surface area contributed by atoms with Gasteiger partial charge in [-0.3, -0.25) is 0 Å². The Balaban J connectivity index is 2.71. The van der Waals surface area contributed by atoms with Crippen molar-refractivity contribution in [3.63, 3.8) is 0 Å². The predicted octanol–water partition coefficient (Wildman–Crippen LogP) is 0.480. The molecule has 0 aliphatic heterocycles. The van der Waals surface area contributed by atoms with E-state index in [0.717, 1.165) is 25.7 Å². The maximum Gasteiger partial charge on any atom is 0.277 e. The van der Waals surface area contributed by atoms with Crippen LogP contribution >= 0.6 is 0 Å². The molecule has 16 heavy (non-hydrogen) atoms. The molecule has 0 aromatic rings. The zero-order valence-electron chi connectivity index (χ0n) is 10.3. The maximum absolute atomic E-state index is 11.9. The van der Waals surface area contributed by atoms with Crippen LogP contribution in [0.15, 0.2) is 0 Å². The van der Waals surface area contributed by atoms with E-state index in [1.807, 2.05) is 20.8 Å². The smallest absolute Gasteiger partial charge is 0.277 e. The van der Waals surface area contributed by atoms with Crippen molar-refractivity contribution in [2.24, 2.45) is 5.73 Å². The first-order valence-corrected chi connectivity index (χ1v) is 7.19. The largest absolute Gasteiger partial charge is 0.329 e. The van der Waals surface area contributed by atoms with Crippen molar-refractivity contribution in [1.82, 2.24) is 9.44 Å². The Morgan fingerprint density at radius 2 is 1.75 bits per heavy atom. The fourth-order valence-electron chi connectivity index (χ4n) is 2.11. The fourth-order valence-corrected chi connectivity index (χ4v) is 3.83. The summed E-state index contributed by atoms with van der Waals surface area (Å²) in [5, 5.41) is 0. The van der Waals surface area contributed by atoms with Gasteiger partial charge >= 0.3 is 0 Å². The van der Waals surface area contributed by atoms with E-state index in [0.29, 0.717) is 6.54 Å². The van der Waals surface area contributed by atoms with Crippen LogP contribution in [-0.4, -0.2) is 26.0 Å². The van der Waals surface area contributed by atoms with Gasteiger partial charge in [0.2, 0.25) is 0 Å². The molecular formula is C10H23N3O2S. The number of nitrogens with one attached hydrogen (secondary N) is 2. The first kappa shape index (κ1) is 13.9. The van der Waals surface area contributed by atoms with Crippen LogP contribution in [0.4, 0.5) is 0 Å². The molecule has 6 heteroatoms. The van der Waals surface area contributed by atoms with Crippen molar-refractivity contribution in [2.75, 3.05) is 6.54 Å². The second-order valence-electron chi connectivity index (χ2n) is 5.65. The summed E-state index contributed by atoms with van der Waals surface area (Å²) in [5.74, 6) is 0. The molecule has 1 rings (SSSR count). The SMILES string of the molecule is CC(C)(C)NS(=O)(=O)NC1(CN)CCCC1. The van der Waals surface area contributed by atoms with E-state index < -0.39 is 21.3 Å². The highest BCUT2D eigenvalue weighted by Gasteiger charge is 2.37. The number of hydrogen-bond acceptors (Lipinski definition) is 3. The Morgan fingerprint density at radius 1 is 1.25 bits per heavy atom. The van der Waals surface area contributed by atoms with Crippen LogP contribution in [0, 0.1) is 0 Å². The Bertz CT molecular complexity index is 326. The quantitative estimate of drug-likeness (QED) is 0.677. The molecule has 0 saturated heterocycles. The Kier molecular flexibility index (Phi) is 3.99. The molecule has 0 aromatic heterocycles. The van der Waals surface area contributed by atoms with Crippen LogP contribution in [0.3, 0.4) is 0 Å². The van der Waals surface area contributed by atoms with Gasteiger partial charge in [-0.25, -0.2) is 0 Å². The summed E-state index contributed by atoms with van der Waals surface area (Å²) < 4.78 is 29.1. The molecule has 0 bridgehead atoms.